The average molecular weight is 544 g/mol. The third-order valence-corrected chi connectivity index (χ3v) is 8.55. The predicted molar refractivity (Wildman–Crippen MR) is 136 cm³/mol. The first-order chi connectivity index (χ1) is 18.9. The average Bonchev–Trinajstić information content (AvgIpc) is 3.66. The van der Waals surface area contributed by atoms with Crippen LogP contribution in [0.4, 0.5) is 0 Å². The van der Waals surface area contributed by atoms with Crippen LogP contribution in [0.25, 0.3) is 0 Å². The molecule has 7 atom stereocenters. The molecule has 212 valence electrons. The molecule has 5 heterocycles. The van der Waals surface area contributed by atoms with Gasteiger partial charge in [-0.15, -0.1) is 0 Å². The molecule has 39 heavy (non-hydrogen) atoms. The largest absolute Gasteiger partial charge is 0.388 e. The number of morpholine rings is 1. The Morgan fingerprint density at radius 1 is 1.05 bits per heavy atom. The maximum atomic E-state index is 13.9. The van der Waals surface area contributed by atoms with Gasteiger partial charge >= 0.3 is 0 Å². The lowest BCUT2D eigenvalue weighted by Crippen LogP contribution is -2.55. The number of carbonyl (C=O) groups is 3. The molecule has 1 saturated carbocycles. The topological polar surface area (TPSA) is 145 Å². The number of amides is 3. The SMILES string of the molecule is O=C1C[C@@H]2O[C@H](CN(C(=O)C3CC3)C[C@@H]3CN(CCO3)C(=O)[C@@H]3C[C@@H](CN3Cc3ccncc3)N1)[C@@H](O)[C@H]2O. The van der Waals surface area contributed by atoms with Crippen molar-refractivity contribution in [2.45, 2.75) is 74.8 Å². The summed E-state index contributed by atoms with van der Waals surface area (Å²) in [5.41, 5.74) is 1.03. The van der Waals surface area contributed by atoms with Crippen molar-refractivity contribution < 1.29 is 34.1 Å². The Hall–Kier alpha value is -2.64. The molecule has 4 saturated heterocycles. The monoisotopic (exact) mass is 543 g/mol. The van der Waals surface area contributed by atoms with Crippen molar-refractivity contribution >= 4 is 17.7 Å². The quantitative estimate of drug-likeness (QED) is 0.415. The van der Waals surface area contributed by atoms with E-state index in [4.69, 9.17) is 9.47 Å². The minimum atomic E-state index is -1.24. The van der Waals surface area contributed by atoms with E-state index in [1.54, 1.807) is 17.3 Å². The van der Waals surface area contributed by atoms with Crippen molar-refractivity contribution in [2.75, 3.05) is 39.3 Å². The molecule has 6 bridgehead atoms. The molecule has 0 unspecified atom stereocenters. The molecule has 0 aromatic carbocycles. The summed E-state index contributed by atoms with van der Waals surface area (Å²) in [6.07, 6.45) is 0.890. The molecule has 6 rings (SSSR count). The molecular formula is C27H37N5O7. The molecule has 1 aromatic rings. The molecule has 5 aliphatic rings. The lowest BCUT2D eigenvalue weighted by atomic mass is 10.0. The molecule has 1 aliphatic carbocycles. The number of nitrogens with zero attached hydrogens (tertiary/aromatic N) is 4. The summed E-state index contributed by atoms with van der Waals surface area (Å²) in [4.78, 5) is 49.7. The lowest BCUT2D eigenvalue weighted by Gasteiger charge is -2.38. The smallest absolute Gasteiger partial charge is 0.240 e. The Morgan fingerprint density at radius 3 is 2.59 bits per heavy atom. The Balaban J connectivity index is 1.26. The molecule has 0 spiro atoms. The van der Waals surface area contributed by atoms with Gasteiger partial charge in [-0.3, -0.25) is 24.3 Å². The van der Waals surface area contributed by atoms with Gasteiger partial charge in [0, 0.05) is 63.6 Å². The number of carbonyl (C=O) groups excluding carboxylic acids is 3. The standard InChI is InChI=1S/C27H37N5O7/c33-23-10-21-24(34)25(35)22(39-21)15-32(26(36)17-1-2-17)14-19-13-30(7-8-38-19)27(37)20-9-18(29-23)12-31(20)11-16-3-5-28-6-4-16/h3-6,17-22,24-25,34-35H,1-2,7-15H2,(H,29,33)/t18-,19-,20-,21-,22+,24-,25+/m0/s1. The third kappa shape index (κ3) is 5.80. The minimum absolute atomic E-state index is 0.00415. The number of hydrogen-bond acceptors (Lipinski definition) is 9. The highest BCUT2D eigenvalue weighted by molar-refractivity contribution is 5.83. The molecule has 3 amide bonds. The highest BCUT2D eigenvalue weighted by atomic mass is 16.5. The van der Waals surface area contributed by atoms with Gasteiger partial charge in [-0.2, -0.15) is 0 Å². The maximum Gasteiger partial charge on any atom is 0.240 e. The first kappa shape index (κ1) is 26.6. The summed E-state index contributed by atoms with van der Waals surface area (Å²) in [5.74, 6) is -0.398. The molecule has 12 heteroatoms. The summed E-state index contributed by atoms with van der Waals surface area (Å²) >= 11 is 0. The van der Waals surface area contributed by atoms with Gasteiger partial charge in [0.15, 0.2) is 0 Å². The van der Waals surface area contributed by atoms with Gasteiger partial charge < -0.3 is 34.8 Å². The first-order valence-corrected chi connectivity index (χ1v) is 14.0. The van der Waals surface area contributed by atoms with Crippen LogP contribution in [-0.4, -0.2) is 130 Å². The second-order valence-corrected chi connectivity index (χ2v) is 11.5. The Bertz CT molecular complexity index is 1070. The van der Waals surface area contributed by atoms with Gasteiger partial charge in [-0.05, 0) is 37.0 Å². The molecule has 1 aromatic heterocycles. The number of rotatable bonds is 3. The second-order valence-electron chi connectivity index (χ2n) is 11.5. The number of hydrogen-bond donors (Lipinski definition) is 3. The second kappa shape index (κ2) is 11.1. The molecule has 12 nitrogen and oxygen atoms in total. The van der Waals surface area contributed by atoms with Crippen LogP contribution in [0.2, 0.25) is 0 Å². The van der Waals surface area contributed by atoms with E-state index < -0.39 is 30.5 Å². The van der Waals surface area contributed by atoms with Gasteiger partial charge in [0.25, 0.3) is 0 Å². The number of aromatic nitrogens is 1. The Kier molecular flexibility index (Phi) is 7.56. The maximum absolute atomic E-state index is 13.9. The van der Waals surface area contributed by atoms with Crippen molar-refractivity contribution in [2.24, 2.45) is 5.92 Å². The lowest BCUT2D eigenvalue weighted by molar-refractivity contribution is -0.147. The Morgan fingerprint density at radius 2 is 1.82 bits per heavy atom. The van der Waals surface area contributed by atoms with Crippen LogP contribution in [0.1, 0.15) is 31.2 Å². The fourth-order valence-electron chi connectivity index (χ4n) is 6.32. The van der Waals surface area contributed by atoms with Crippen LogP contribution in [0.15, 0.2) is 24.5 Å². The van der Waals surface area contributed by atoms with Crippen LogP contribution in [0, 0.1) is 5.92 Å². The van der Waals surface area contributed by atoms with Gasteiger partial charge in [-0.1, -0.05) is 0 Å². The van der Waals surface area contributed by atoms with E-state index >= 15 is 0 Å². The van der Waals surface area contributed by atoms with Crippen molar-refractivity contribution in [1.29, 1.82) is 0 Å². The molecule has 0 radical (unpaired) electrons. The number of ether oxygens (including phenoxy) is 2. The third-order valence-electron chi connectivity index (χ3n) is 8.55. The fourth-order valence-corrected chi connectivity index (χ4v) is 6.32. The minimum Gasteiger partial charge on any atom is -0.388 e. The van der Waals surface area contributed by atoms with Crippen LogP contribution in [-0.2, 0) is 30.4 Å². The van der Waals surface area contributed by atoms with E-state index in [1.165, 1.54) is 0 Å². The van der Waals surface area contributed by atoms with Crippen LogP contribution in [0.3, 0.4) is 0 Å². The molecule has 4 aliphatic heterocycles. The van der Waals surface area contributed by atoms with Crippen molar-refractivity contribution in [3.05, 3.63) is 30.1 Å². The van der Waals surface area contributed by atoms with E-state index in [-0.39, 0.29) is 55.3 Å². The zero-order valence-electron chi connectivity index (χ0n) is 21.9. The summed E-state index contributed by atoms with van der Waals surface area (Å²) in [7, 11) is 0. The van der Waals surface area contributed by atoms with Crippen molar-refractivity contribution in [3.8, 4) is 0 Å². The zero-order valence-corrected chi connectivity index (χ0v) is 21.9. The fraction of sp³-hybridized carbons (Fsp3) is 0.704. The summed E-state index contributed by atoms with van der Waals surface area (Å²) < 4.78 is 12.0. The number of nitrogens with one attached hydrogen (secondary N) is 1. The van der Waals surface area contributed by atoms with E-state index in [9.17, 15) is 24.6 Å². The van der Waals surface area contributed by atoms with E-state index in [0.29, 0.717) is 39.2 Å². The van der Waals surface area contributed by atoms with Crippen LogP contribution in [0.5, 0.6) is 0 Å². The summed E-state index contributed by atoms with van der Waals surface area (Å²) in [6, 6.07) is 3.17. The van der Waals surface area contributed by atoms with Gasteiger partial charge in [0.05, 0.1) is 31.3 Å². The van der Waals surface area contributed by atoms with Gasteiger partial charge in [-0.25, -0.2) is 0 Å². The van der Waals surface area contributed by atoms with Crippen molar-refractivity contribution in [1.82, 2.24) is 25.0 Å². The highest BCUT2D eigenvalue weighted by Gasteiger charge is 2.47. The zero-order chi connectivity index (χ0) is 27.1. The van der Waals surface area contributed by atoms with E-state index in [2.05, 4.69) is 15.2 Å². The molecule has 5 fully saturated rings. The summed E-state index contributed by atoms with van der Waals surface area (Å²) in [5, 5.41) is 24.4. The van der Waals surface area contributed by atoms with Gasteiger partial charge in [0.2, 0.25) is 17.7 Å². The van der Waals surface area contributed by atoms with E-state index in [1.807, 2.05) is 17.0 Å². The number of likely N-dealkylation sites (tertiary alicyclic amines) is 1. The summed E-state index contributed by atoms with van der Waals surface area (Å²) in [6.45, 7) is 2.57. The number of pyridine rings is 1. The molecular weight excluding hydrogens is 506 g/mol. The number of aliphatic hydroxyl groups is 2. The predicted octanol–water partition coefficient (Wildman–Crippen LogP) is -1.50. The normalized spacial score (nSPS) is 36.2. The first-order valence-electron chi connectivity index (χ1n) is 14.0. The van der Waals surface area contributed by atoms with Crippen LogP contribution >= 0.6 is 0 Å². The van der Waals surface area contributed by atoms with Crippen LogP contribution < -0.4 is 5.32 Å². The van der Waals surface area contributed by atoms with Gasteiger partial charge in [0.1, 0.15) is 18.3 Å². The van der Waals surface area contributed by atoms with Crippen molar-refractivity contribution in [3.63, 3.8) is 0 Å². The number of aliphatic hydroxyl groups excluding tert-OH is 2. The number of fused-ring (bicyclic) bond motifs is 6. The van der Waals surface area contributed by atoms with E-state index in [0.717, 1.165) is 18.4 Å². The molecule has 3 N–H and O–H groups in total. The Labute approximate surface area is 227 Å². The highest BCUT2D eigenvalue weighted by Crippen LogP contribution is 2.33.